The largest absolute Gasteiger partial charge is 0.335 e. The molecule has 1 fully saturated rings. The summed E-state index contributed by atoms with van der Waals surface area (Å²) in [7, 11) is 0. The van der Waals surface area contributed by atoms with Crippen molar-refractivity contribution in [1.82, 2.24) is 15.6 Å². The third-order valence-corrected chi connectivity index (χ3v) is 4.82. The van der Waals surface area contributed by atoms with Crippen LogP contribution in [0.15, 0.2) is 18.3 Å². The van der Waals surface area contributed by atoms with Crippen molar-refractivity contribution in [3.05, 3.63) is 29.0 Å². The van der Waals surface area contributed by atoms with Crippen molar-refractivity contribution >= 4 is 29.4 Å². The number of hydrogen-bond acceptors (Lipinski definition) is 3. The van der Waals surface area contributed by atoms with Crippen molar-refractivity contribution < 1.29 is 4.79 Å². The van der Waals surface area contributed by atoms with Gasteiger partial charge in [-0.05, 0) is 36.6 Å². The van der Waals surface area contributed by atoms with Gasteiger partial charge < -0.3 is 10.6 Å². The number of carbonyl (C=O) groups excluding carboxylic acids is 1. The molecule has 0 radical (unpaired) electrons. The van der Waals surface area contributed by atoms with E-state index in [1.807, 2.05) is 17.8 Å². The Morgan fingerprint density at radius 3 is 3.05 bits per heavy atom. The summed E-state index contributed by atoms with van der Waals surface area (Å²) in [6.07, 6.45) is 5.03. The van der Waals surface area contributed by atoms with Crippen LogP contribution in [0, 0.1) is 0 Å². The number of aromatic nitrogens is 1. The van der Waals surface area contributed by atoms with Crippen LogP contribution >= 0.6 is 23.4 Å². The van der Waals surface area contributed by atoms with Crippen LogP contribution in [0.4, 0.5) is 4.79 Å². The highest BCUT2D eigenvalue weighted by Crippen LogP contribution is 2.29. The SMILES string of the molecule is CCS[C@@H]1CC[C@@H](NC(=O)NCc2ccc(Cl)nc2)C1. The molecule has 0 aliphatic heterocycles. The molecular weight excluding hydrogens is 294 g/mol. The lowest BCUT2D eigenvalue weighted by Crippen LogP contribution is -2.40. The minimum absolute atomic E-state index is 0.105. The van der Waals surface area contributed by atoms with Gasteiger partial charge in [-0.1, -0.05) is 24.6 Å². The molecule has 6 heteroatoms. The summed E-state index contributed by atoms with van der Waals surface area (Å²) in [6.45, 7) is 2.65. The first-order chi connectivity index (χ1) is 9.67. The van der Waals surface area contributed by atoms with E-state index >= 15 is 0 Å². The van der Waals surface area contributed by atoms with Crippen molar-refractivity contribution in [2.75, 3.05) is 5.75 Å². The number of pyridine rings is 1. The van der Waals surface area contributed by atoms with Crippen LogP contribution in [0.5, 0.6) is 0 Å². The molecule has 1 aliphatic carbocycles. The molecule has 0 unspecified atom stereocenters. The van der Waals surface area contributed by atoms with Gasteiger partial charge in [-0.2, -0.15) is 11.8 Å². The monoisotopic (exact) mass is 313 g/mol. The standard InChI is InChI=1S/C14H20ClN3OS/c1-2-20-12-5-4-11(7-12)18-14(19)17-9-10-3-6-13(15)16-8-10/h3,6,8,11-12H,2,4-5,7,9H2,1H3,(H2,17,18,19)/t11-,12-/m1/s1. The van der Waals surface area contributed by atoms with Crippen LogP contribution in [0.3, 0.4) is 0 Å². The molecule has 2 rings (SSSR count). The molecule has 20 heavy (non-hydrogen) atoms. The molecule has 2 amide bonds. The second kappa shape index (κ2) is 7.74. The molecule has 0 aromatic carbocycles. The van der Waals surface area contributed by atoms with E-state index in [-0.39, 0.29) is 6.03 Å². The van der Waals surface area contributed by atoms with Crippen molar-refractivity contribution in [1.29, 1.82) is 0 Å². The number of urea groups is 1. The summed E-state index contributed by atoms with van der Waals surface area (Å²) < 4.78 is 0. The van der Waals surface area contributed by atoms with Gasteiger partial charge in [0.2, 0.25) is 0 Å². The van der Waals surface area contributed by atoms with E-state index in [9.17, 15) is 4.79 Å². The van der Waals surface area contributed by atoms with Crippen molar-refractivity contribution in [2.45, 2.75) is 44.0 Å². The Kier molecular flexibility index (Phi) is 5.98. The number of nitrogens with one attached hydrogen (secondary N) is 2. The third kappa shape index (κ3) is 4.87. The van der Waals surface area contributed by atoms with Gasteiger partial charge in [-0.25, -0.2) is 9.78 Å². The van der Waals surface area contributed by atoms with Crippen LogP contribution in [0.1, 0.15) is 31.7 Å². The fraction of sp³-hybridized carbons (Fsp3) is 0.571. The third-order valence-electron chi connectivity index (χ3n) is 3.36. The van der Waals surface area contributed by atoms with E-state index in [2.05, 4.69) is 22.5 Å². The molecule has 1 aromatic rings. The highest BCUT2D eigenvalue weighted by atomic mass is 35.5. The average Bonchev–Trinajstić information content (AvgIpc) is 2.86. The predicted molar refractivity (Wildman–Crippen MR) is 84.2 cm³/mol. The molecule has 1 saturated carbocycles. The van der Waals surface area contributed by atoms with E-state index in [0.29, 0.717) is 23.0 Å². The lowest BCUT2D eigenvalue weighted by atomic mass is 10.2. The van der Waals surface area contributed by atoms with Crippen molar-refractivity contribution in [2.24, 2.45) is 0 Å². The Bertz CT molecular complexity index is 441. The predicted octanol–water partition coefficient (Wildman–Crippen LogP) is 3.21. The van der Waals surface area contributed by atoms with Gasteiger partial charge in [0.05, 0.1) is 0 Å². The topological polar surface area (TPSA) is 54.0 Å². The first-order valence-electron chi connectivity index (χ1n) is 6.93. The molecule has 1 aromatic heterocycles. The zero-order valence-electron chi connectivity index (χ0n) is 11.6. The van der Waals surface area contributed by atoms with E-state index in [1.54, 1.807) is 12.3 Å². The number of hydrogen-bond donors (Lipinski definition) is 2. The van der Waals surface area contributed by atoms with E-state index < -0.39 is 0 Å². The Morgan fingerprint density at radius 2 is 2.35 bits per heavy atom. The Hall–Kier alpha value is -0.940. The Labute approximate surface area is 129 Å². The quantitative estimate of drug-likeness (QED) is 0.821. The first-order valence-corrected chi connectivity index (χ1v) is 8.36. The molecule has 1 aliphatic rings. The normalized spacial score (nSPS) is 21.7. The molecule has 4 nitrogen and oxygen atoms in total. The highest BCUT2D eigenvalue weighted by Gasteiger charge is 2.25. The Morgan fingerprint density at radius 1 is 1.50 bits per heavy atom. The summed E-state index contributed by atoms with van der Waals surface area (Å²) in [6, 6.07) is 3.79. The van der Waals surface area contributed by atoms with Gasteiger partial charge in [0.25, 0.3) is 0 Å². The van der Waals surface area contributed by atoms with Crippen molar-refractivity contribution in [3.63, 3.8) is 0 Å². The number of nitrogens with zero attached hydrogens (tertiary/aromatic N) is 1. The number of amides is 2. The number of rotatable bonds is 5. The zero-order chi connectivity index (χ0) is 14.4. The number of carbonyl (C=O) groups is 1. The maximum atomic E-state index is 11.8. The van der Waals surface area contributed by atoms with Gasteiger partial charge in [-0.15, -0.1) is 0 Å². The van der Waals surface area contributed by atoms with Gasteiger partial charge in [-0.3, -0.25) is 0 Å². The molecule has 0 spiro atoms. The van der Waals surface area contributed by atoms with Crippen LogP contribution in [-0.4, -0.2) is 28.1 Å². The molecule has 0 bridgehead atoms. The summed E-state index contributed by atoms with van der Waals surface area (Å²) in [4.78, 5) is 15.8. The summed E-state index contributed by atoms with van der Waals surface area (Å²) in [5.41, 5.74) is 0.940. The van der Waals surface area contributed by atoms with Crippen LogP contribution < -0.4 is 10.6 Å². The summed E-state index contributed by atoms with van der Waals surface area (Å²) >= 11 is 7.70. The van der Waals surface area contributed by atoms with E-state index in [1.165, 1.54) is 6.42 Å². The van der Waals surface area contributed by atoms with Gasteiger partial charge in [0, 0.05) is 24.0 Å². The lowest BCUT2D eigenvalue weighted by Gasteiger charge is -2.14. The molecular formula is C14H20ClN3OS. The van der Waals surface area contributed by atoms with Crippen LogP contribution in [-0.2, 0) is 6.54 Å². The highest BCUT2D eigenvalue weighted by molar-refractivity contribution is 7.99. The summed E-state index contributed by atoms with van der Waals surface area (Å²) in [5, 5.41) is 7.05. The van der Waals surface area contributed by atoms with E-state index in [4.69, 9.17) is 11.6 Å². The first kappa shape index (κ1) is 15.4. The zero-order valence-corrected chi connectivity index (χ0v) is 13.1. The van der Waals surface area contributed by atoms with Gasteiger partial charge >= 0.3 is 6.03 Å². The van der Waals surface area contributed by atoms with Crippen LogP contribution in [0.2, 0.25) is 5.15 Å². The maximum absolute atomic E-state index is 11.8. The second-order valence-corrected chi connectivity index (χ2v) is 6.87. The molecule has 1 heterocycles. The average molecular weight is 314 g/mol. The van der Waals surface area contributed by atoms with Crippen molar-refractivity contribution in [3.8, 4) is 0 Å². The number of halogens is 1. The molecule has 2 atom stereocenters. The number of thioether (sulfide) groups is 1. The fourth-order valence-corrected chi connectivity index (χ4v) is 3.64. The van der Waals surface area contributed by atoms with Crippen LogP contribution in [0.25, 0.3) is 0 Å². The minimum Gasteiger partial charge on any atom is -0.335 e. The Balaban J connectivity index is 1.69. The molecule has 2 N–H and O–H groups in total. The van der Waals surface area contributed by atoms with Gasteiger partial charge in [0.1, 0.15) is 5.15 Å². The van der Waals surface area contributed by atoms with E-state index in [0.717, 1.165) is 24.2 Å². The fourth-order valence-electron chi connectivity index (χ4n) is 2.39. The van der Waals surface area contributed by atoms with Gasteiger partial charge in [0.15, 0.2) is 0 Å². The molecule has 0 saturated heterocycles. The molecule has 110 valence electrons. The maximum Gasteiger partial charge on any atom is 0.315 e. The smallest absolute Gasteiger partial charge is 0.315 e. The minimum atomic E-state index is -0.105. The lowest BCUT2D eigenvalue weighted by molar-refractivity contribution is 0.236. The summed E-state index contributed by atoms with van der Waals surface area (Å²) in [5.74, 6) is 1.15. The second-order valence-electron chi connectivity index (χ2n) is 4.90.